The minimum absolute atomic E-state index is 0.242. The Kier molecular flexibility index (Phi) is 3.44. The lowest BCUT2D eigenvalue weighted by atomic mass is 10.1. The van der Waals surface area contributed by atoms with Gasteiger partial charge >= 0.3 is 0 Å². The molecule has 1 saturated heterocycles. The fourth-order valence-corrected chi connectivity index (χ4v) is 3.65. The number of hydrogen-bond donors (Lipinski definition) is 1. The number of nitrogens with zero attached hydrogens (tertiary/aromatic N) is 4. The van der Waals surface area contributed by atoms with Crippen molar-refractivity contribution >= 4 is 17.4 Å². The monoisotopic (exact) mass is 299 g/mol. The van der Waals surface area contributed by atoms with Crippen molar-refractivity contribution < 1.29 is 4.79 Å². The van der Waals surface area contributed by atoms with Gasteiger partial charge in [-0.05, 0) is 25.3 Å². The van der Waals surface area contributed by atoms with Gasteiger partial charge in [0, 0.05) is 37.3 Å². The predicted molar refractivity (Wildman–Crippen MR) is 83.7 cm³/mol. The van der Waals surface area contributed by atoms with E-state index in [-0.39, 0.29) is 17.9 Å². The molecule has 2 aromatic heterocycles. The van der Waals surface area contributed by atoms with Crippen molar-refractivity contribution in [2.45, 2.75) is 38.1 Å². The largest absolute Gasteiger partial charge is 0.354 e. The summed E-state index contributed by atoms with van der Waals surface area (Å²) in [6.45, 7) is 1.78. The maximum absolute atomic E-state index is 12.3. The number of carbonyl (C=O) groups excluding carboxylic acids is 1. The smallest absolute Gasteiger partial charge is 0.223 e. The van der Waals surface area contributed by atoms with Crippen molar-refractivity contribution in [3.63, 3.8) is 0 Å². The Labute approximate surface area is 129 Å². The van der Waals surface area contributed by atoms with Crippen LogP contribution in [0.2, 0.25) is 0 Å². The van der Waals surface area contributed by atoms with E-state index in [4.69, 9.17) is 0 Å². The van der Waals surface area contributed by atoms with Crippen LogP contribution in [0.4, 0.5) is 5.82 Å². The maximum atomic E-state index is 12.3. The van der Waals surface area contributed by atoms with Crippen molar-refractivity contribution in [3.8, 4) is 0 Å². The molecule has 116 valence electrons. The Hall–Kier alpha value is -2.11. The molecule has 1 saturated carbocycles. The zero-order valence-corrected chi connectivity index (χ0v) is 12.6. The molecule has 4 rings (SSSR count). The van der Waals surface area contributed by atoms with Crippen molar-refractivity contribution in [2.75, 3.05) is 18.0 Å². The summed E-state index contributed by atoms with van der Waals surface area (Å²) in [6.07, 6.45) is 9.08. The number of hydrogen-bond acceptors (Lipinski definition) is 4. The van der Waals surface area contributed by atoms with Crippen LogP contribution in [0.1, 0.15) is 32.1 Å². The molecule has 1 unspecified atom stereocenters. The molecule has 22 heavy (non-hydrogen) atoms. The molecule has 6 heteroatoms. The number of rotatable bonds is 3. The van der Waals surface area contributed by atoms with Crippen LogP contribution in [0.15, 0.2) is 24.5 Å². The van der Waals surface area contributed by atoms with Gasteiger partial charge in [-0.2, -0.15) is 9.61 Å². The van der Waals surface area contributed by atoms with E-state index in [2.05, 4.69) is 20.3 Å². The SMILES string of the molecule is O=C(NC1CCN(c2ccnc3ccnn23)C1)C1CCCC1. The van der Waals surface area contributed by atoms with E-state index in [9.17, 15) is 4.79 Å². The van der Waals surface area contributed by atoms with Crippen LogP contribution in [0.5, 0.6) is 0 Å². The van der Waals surface area contributed by atoms with Crippen LogP contribution < -0.4 is 10.2 Å². The molecule has 2 aliphatic rings. The average Bonchev–Trinajstić information content (AvgIpc) is 3.27. The van der Waals surface area contributed by atoms with Gasteiger partial charge in [0.1, 0.15) is 5.82 Å². The van der Waals surface area contributed by atoms with Gasteiger partial charge in [-0.25, -0.2) is 4.98 Å². The molecular formula is C16H21N5O. The lowest BCUT2D eigenvalue weighted by molar-refractivity contribution is -0.125. The highest BCUT2D eigenvalue weighted by Gasteiger charge is 2.29. The highest BCUT2D eigenvalue weighted by atomic mass is 16.2. The molecule has 6 nitrogen and oxygen atoms in total. The third-order valence-electron chi connectivity index (χ3n) is 4.85. The van der Waals surface area contributed by atoms with Crippen molar-refractivity contribution in [1.82, 2.24) is 19.9 Å². The second kappa shape index (κ2) is 5.59. The van der Waals surface area contributed by atoms with Gasteiger partial charge in [0.05, 0.1) is 6.20 Å². The summed E-state index contributed by atoms with van der Waals surface area (Å²) in [4.78, 5) is 18.8. The van der Waals surface area contributed by atoms with Gasteiger partial charge in [-0.15, -0.1) is 0 Å². The van der Waals surface area contributed by atoms with Crippen molar-refractivity contribution in [2.24, 2.45) is 5.92 Å². The van der Waals surface area contributed by atoms with Crippen LogP contribution in [0.3, 0.4) is 0 Å². The van der Waals surface area contributed by atoms with Crippen LogP contribution in [-0.2, 0) is 4.79 Å². The summed E-state index contributed by atoms with van der Waals surface area (Å²) < 4.78 is 1.86. The van der Waals surface area contributed by atoms with Gasteiger partial charge in [0.2, 0.25) is 5.91 Å². The fourth-order valence-electron chi connectivity index (χ4n) is 3.65. The van der Waals surface area contributed by atoms with Crippen LogP contribution in [0.25, 0.3) is 5.65 Å². The van der Waals surface area contributed by atoms with E-state index in [1.165, 1.54) is 12.8 Å². The molecule has 1 amide bonds. The van der Waals surface area contributed by atoms with E-state index in [1.54, 1.807) is 6.20 Å². The van der Waals surface area contributed by atoms with Gasteiger partial charge in [0.25, 0.3) is 0 Å². The summed E-state index contributed by atoms with van der Waals surface area (Å²) in [5, 5.41) is 7.57. The second-order valence-electron chi connectivity index (χ2n) is 6.33. The number of fused-ring (bicyclic) bond motifs is 1. The van der Waals surface area contributed by atoms with Gasteiger partial charge in [0.15, 0.2) is 5.65 Å². The Morgan fingerprint density at radius 2 is 2.05 bits per heavy atom. The molecule has 0 spiro atoms. The molecule has 0 bridgehead atoms. The van der Waals surface area contributed by atoms with Crippen LogP contribution in [-0.4, -0.2) is 39.6 Å². The number of anilines is 1. The first-order valence-corrected chi connectivity index (χ1v) is 8.15. The normalized spacial score (nSPS) is 22.5. The number of carbonyl (C=O) groups is 1. The summed E-state index contributed by atoms with van der Waals surface area (Å²) in [6, 6.07) is 4.13. The molecule has 1 atom stereocenters. The molecule has 2 aromatic rings. The Morgan fingerprint density at radius 3 is 2.91 bits per heavy atom. The van der Waals surface area contributed by atoms with Crippen LogP contribution in [0, 0.1) is 5.92 Å². The Morgan fingerprint density at radius 1 is 1.18 bits per heavy atom. The summed E-state index contributed by atoms with van der Waals surface area (Å²) in [7, 11) is 0. The van der Waals surface area contributed by atoms with Gasteiger partial charge in [-0.1, -0.05) is 12.8 Å². The van der Waals surface area contributed by atoms with Crippen molar-refractivity contribution in [3.05, 3.63) is 24.5 Å². The lowest BCUT2D eigenvalue weighted by Crippen LogP contribution is -2.40. The zero-order chi connectivity index (χ0) is 14.9. The second-order valence-corrected chi connectivity index (χ2v) is 6.33. The Balaban J connectivity index is 1.44. The van der Waals surface area contributed by atoms with E-state index in [0.717, 1.165) is 43.8 Å². The first-order valence-electron chi connectivity index (χ1n) is 8.15. The summed E-state index contributed by atoms with van der Waals surface area (Å²) >= 11 is 0. The van der Waals surface area contributed by atoms with Gasteiger partial charge < -0.3 is 10.2 Å². The minimum atomic E-state index is 0.242. The van der Waals surface area contributed by atoms with E-state index in [0.29, 0.717) is 0 Å². The molecule has 1 aliphatic heterocycles. The minimum Gasteiger partial charge on any atom is -0.354 e. The summed E-state index contributed by atoms with van der Waals surface area (Å²) in [5.74, 6) is 1.55. The highest BCUT2D eigenvalue weighted by Crippen LogP contribution is 2.26. The molecule has 2 fully saturated rings. The van der Waals surface area contributed by atoms with Crippen molar-refractivity contribution in [1.29, 1.82) is 0 Å². The molecule has 3 heterocycles. The first-order chi connectivity index (χ1) is 10.8. The topological polar surface area (TPSA) is 62.5 Å². The first kappa shape index (κ1) is 13.5. The molecule has 0 radical (unpaired) electrons. The number of aromatic nitrogens is 3. The van der Waals surface area contributed by atoms with Gasteiger partial charge in [-0.3, -0.25) is 4.79 Å². The van der Waals surface area contributed by atoms with E-state index in [1.807, 2.05) is 22.8 Å². The molecule has 0 aromatic carbocycles. The zero-order valence-electron chi connectivity index (χ0n) is 12.6. The predicted octanol–water partition coefficient (Wildman–Crippen LogP) is 1.61. The third-order valence-corrected chi connectivity index (χ3v) is 4.85. The average molecular weight is 299 g/mol. The maximum Gasteiger partial charge on any atom is 0.223 e. The highest BCUT2D eigenvalue weighted by molar-refractivity contribution is 5.79. The molecular weight excluding hydrogens is 278 g/mol. The van der Waals surface area contributed by atoms with Crippen LogP contribution >= 0.6 is 0 Å². The standard InChI is InChI=1S/C16H21N5O/c22-16(12-3-1-2-4-12)19-13-7-10-20(11-13)15-6-8-17-14-5-9-18-21(14)15/h5-6,8-9,12-13H,1-4,7,10-11H2,(H,19,22). The Bertz CT molecular complexity index is 676. The fraction of sp³-hybridized carbons (Fsp3) is 0.562. The molecule has 1 aliphatic carbocycles. The van der Waals surface area contributed by atoms with E-state index < -0.39 is 0 Å². The van der Waals surface area contributed by atoms with E-state index >= 15 is 0 Å². The lowest BCUT2D eigenvalue weighted by Gasteiger charge is -2.20. The quantitative estimate of drug-likeness (QED) is 0.935. The summed E-state index contributed by atoms with van der Waals surface area (Å²) in [5.41, 5.74) is 0.857. The number of nitrogens with one attached hydrogen (secondary N) is 1. The molecule has 1 N–H and O–H groups in total. The number of amides is 1. The third kappa shape index (κ3) is 2.42.